The summed E-state index contributed by atoms with van der Waals surface area (Å²) in [5, 5.41) is 15.1. The van der Waals surface area contributed by atoms with E-state index < -0.39 is 5.91 Å². The van der Waals surface area contributed by atoms with Crippen LogP contribution in [0.3, 0.4) is 0 Å². The Morgan fingerprint density at radius 2 is 2.10 bits per heavy atom. The minimum absolute atomic E-state index is 0.108. The van der Waals surface area contributed by atoms with Crippen molar-refractivity contribution in [3.8, 4) is 11.5 Å². The van der Waals surface area contributed by atoms with Crippen LogP contribution in [0.25, 0.3) is 0 Å². The van der Waals surface area contributed by atoms with Gasteiger partial charge in [-0.25, -0.2) is 0 Å². The lowest BCUT2D eigenvalue weighted by Crippen LogP contribution is -2.35. The summed E-state index contributed by atoms with van der Waals surface area (Å²) in [7, 11) is 1.48. The van der Waals surface area contributed by atoms with Gasteiger partial charge in [0.1, 0.15) is 11.5 Å². The molecule has 1 atom stereocenters. The third-order valence-electron chi connectivity index (χ3n) is 3.11. The molecule has 0 fully saturated rings. The van der Waals surface area contributed by atoms with Gasteiger partial charge in [-0.2, -0.15) is 0 Å². The summed E-state index contributed by atoms with van der Waals surface area (Å²) in [4.78, 5) is 23.4. The van der Waals surface area contributed by atoms with Gasteiger partial charge in [-0.1, -0.05) is 6.92 Å². The monoisotopic (exact) mass is 294 g/mol. The highest BCUT2D eigenvalue weighted by Gasteiger charge is 2.12. The molecule has 0 aromatic heterocycles. The first-order chi connectivity index (χ1) is 9.97. The fraction of sp³-hybridized carbons (Fsp3) is 0.467. The molecule has 6 nitrogen and oxygen atoms in total. The normalized spacial score (nSPS) is 11.6. The van der Waals surface area contributed by atoms with Gasteiger partial charge in [0, 0.05) is 25.1 Å². The maximum Gasteiger partial charge on any atom is 0.255 e. The molecule has 0 saturated carbocycles. The highest BCUT2D eigenvalue weighted by molar-refractivity contribution is 5.97. The summed E-state index contributed by atoms with van der Waals surface area (Å²) in [6, 6.07) is 4.55. The van der Waals surface area contributed by atoms with Crippen LogP contribution in [-0.4, -0.2) is 36.6 Å². The number of hydrogen-bond donors (Lipinski definition) is 3. The molecule has 0 heterocycles. The Morgan fingerprint density at radius 3 is 2.67 bits per heavy atom. The summed E-state index contributed by atoms with van der Waals surface area (Å²) in [6.45, 7) is 4.12. The van der Waals surface area contributed by atoms with Gasteiger partial charge in [0.25, 0.3) is 5.91 Å². The van der Waals surface area contributed by atoms with Crippen LogP contribution in [0.2, 0.25) is 0 Å². The average Bonchev–Trinajstić information content (AvgIpc) is 2.46. The molecule has 21 heavy (non-hydrogen) atoms. The molecule has 0 spiro atoms. The molecule has 6 heteroatoms. The fourth-order valence-corrected chi connectivity index (χ4v) is 1.66. The smallest absolute Gasteiger partial charge is 0.255 e. The van der Waals surface area contributed by atoms with Crippen LogP contribution < -0.4 is 15.4 Å². The summed E-state index contributed by atoms with van der Waals surface area (Å²) >= 11 is 0. The molecule has 0 aliphatic carbocycles. The molecule has 1 rings (SSSR count). The molecule has 0 unspecified atom stereocenters. The number of carbonyl (C=O) groups is 2. The topological polar surface area (TPSA) is 87.7 Å². The van der Waals surface area contributed by atoms with Crippen molar-refractivity contribution in [3.05, 3.63) is 23.8 Å². The maximum absolute atomic E-state index is 11.9. The number of ether oxygens (including phenoxy) is 1. The van der Waals surface area contributed by atoms with Crippen LogP contribution in [0, 0.1) is 0 Å². The number of aromatic hydroxyl groups is 1. The van der Waals surface area contributed by atoms with Crippen molar-refractivity contribution in [1.29, 1.82) is 0 Å². The van der Waals surface area contributed by atoms with Crippen LogP contribution in [0.1, 0.15) is 37.0 Å². The zero-order chi connectivity index (χ0) is 15.8. The Hall–Kier alpha value is -2.24. The molecule has 3 N–H and O–H groups in total. The molecule has 116 valence electrons. The summed E-state index contributed by atoms with van der Waals surface area (Å²) < 4.78 is 4.95. The Kier molecular flexibility index (Phi) is 6.52. The summed E-state index contributed by atoms with van der Waals surface area (Å²) in [5.74, 6) is -0.219. The van der Waals surface area contributed by atoms with Crippen molar-refractivity contribution in [3.63, 3.8) is 0 Å². The van der Waals surface area contributed by atoms with Gasteiger partial charge < -0.3 is 20.5 Å². The van der Waals surface area contributed by atoms with Crippen LogP contribution in [-0.2, 0) is 4.79 Å². The molecule has 2 amide bonds. The van der Waals surface area contributed by atoms with Gasteiger partial charge in [-0.3, -0.25) is 9.59 Å². The zero-order valence-electron chi connectivity index (χ0n) is 12.6. The second kappa shape index (κ2) is 8.14. The van der Waals surface area contributed by atoms with E-state index in [0.717, 1.165) is 6.42 Å². The van der Waals surface area contributed by atoms with Crippen LogP contribution in [0.4, 0.5) is 0 Å². The number of amides is 2. The number of nitrogens with one attached hydrogen (secondary N) is 2. The van der Waals surface area contributed by atoms with E-state index in [-0.39, 0.29) is 36.2 Å². The number of phenols is 1. The lowest BCUT2D eigenvalue weighted by molar-refractivity contribution is -0.121. The molecular weight excluding hydrogens is 272 g/mol. The lowest BCUT2D eigenvalue weighted by atomic mass is 10.1. The van der Waals surface area contributed by atoms with Crippen molar-refractivity contribution in [1.82, 2.24) is 10.6 Å². The third-order valence-corrected chi connectivity index (χ3v) is 3.11. The highest BCUT2D eigenvalue weighted by atomic mass is 16.5. The van der Waals surface area contributed by atoms with E-state index in [1.807, 2.05) is 13.8 Å². The predicted molar refractivity (Wildman–Crippen MR) is 79.5 cm³/mol. The fourth-order valence-electron chi connectivity index (χ4n) is 1.66. The Bertz CT molecular complexity index is 502. The largest absolute Gasteiger partial charge is 0.507 e. The Labute approximate surface area is 124 Å². The van der Waals surface area contributed by atoms with Crippen LogP contribution in [0.15, 0.2) is 18.2 Å². The van der Waals surface area contributed by atoms with Crippen molar-refractivity contribution in [2.75, 3.05) is 13.7 Å². The van der Waals surface area contributed by atoms with E-state index in [0.29, 0.717) is 5.75 Å². The van der Waals surface area contributed by atoms with Crippen molar-refractivity contribution in [2.45, 2.75) is 32.7 Å². The minimum atomic E-state index is -0.425. The Morgan fingerprint density at radius 1 is 1.38 bits per heavy atom. The van der Waals surface area contributed by atoms with Gasteiger partial charge >= 0.3 is 0 Å². The first kappa shape index (κ1) is 16.8. The first-order valence-corrected chi connectivity index (χ1v) is 6.92. The molecule has 0 saturated heterocycles. The van der Waals surface area contributed by atoms with Crippen LogP contribution in [0.5, 0.6) is 11.5 Å². The van der Waals surface area contributed by atoms with Gasteiger partial charge in [-0.05, 0) is 25.5 Å². The Balaban J connectivity index is 2.46. The number of phenolic OH excluding ortho intramolecular Hbond substituents is 1. The van der Waals surface area contributed by atoms with Gasteiger partial charge in [0.2, 0.25) is 5.91 Å². The molecule has 0 aliphatic heterocycles. The second-order valence-corrected chi connectivity index (χ2v) is 4.77. The zero-order valence-corrected chi connectivity index (χ0v) is 12.6. The van der Waals surface area contributed by atoms with Gasteiger partial charge in [0.15, 0.2) is 0 Å². The molecule has 1 aromatic rings. The number of benzene rings is 1. The first-order valence-electron chi connectivity index (χ1n) is 6.92. The predicted octanol–water partition coefficient (Wildman–Crippen LogP) is 1.44. The van der Waals surface area contributed by atoms with Crippen molar-refractivity contribution in [2.24, 2.45) is 0 Å². The van der Waals surface area contributed by atoms with E-state index in [1.54, 1.807) is 6.07 Å². The van der Waals surface area contributed by atoms with Crippen molar-refractivity contribution >= 4 is 11.8 Å². The van der Waals surface area contributed by atoms with Crippen LogP contribution >= 0.6 is 0 Å². The standard InChI is InChI=1S/C15H22N2O4/c1-4-10(2)17-14(19)7-8-16-15(20)12-6-5-11(21-3)9-13(12)18/h5-6,9-10,18H,4,7-8H2,1-3H3,(H,16,20)(H,17,19)/t10-/m1/s1. The molecule has 0 aliphatic rings. The highest BCUT2D eigenvalue weighted by Crippen LogP contribution is 2.23. The molecular formula is C15H22N2O4. The maximum atomic E-state index is 11.9. The molecule has 0 bridgehead atoms. The van der Waals surface area contributed by atoms with Gasteiger partial charge in [0.05, 0.1) is 12.7 Å². The minimum Gasteiger partial charge on any atom is -0.507 e. The van der Waals surface area contributed by atoms with E-state index in [4.69, 9.17) is 4.74 Å². The number of methoxy groups -OCH3 is 1. The van der Waals surface area contributed by atoms with Crippen molar-refractivity contribution < 1.29 is 19.4 Å². The molecule has 1 aromatic carbocycles. The quantitative estimate of drug-likeness (QED) is 0.710. The lowest BCUT2D eigenvalue weighted by Gasteiger charge is -2.12. The summed E-state index contributed by atoms with van der Waals surface area (Å²) in [6.07, 6.45) is 1.06. The molecule has 0 radical (unpaired) electrons. The van der Waals surface area contributed by atoms with E-state index in [2.05, 4.69) is 10.6 Å². The SMILES string of the molecule is CC[C@@H](C)NC(=O)CCNC(=O)c1ccc(OC)cc1O. The second-order valence-electron chi connectivity index (χ2n) is 4.77. The summed E-state index contributed by atoms with van der Waals surface area (Å²) in [5.41, 5.74) is 0.151. The third kappa shape index (κ3) is 5.33. The van der Waals surface area contributed by atoms with E-state index in [1.165, 1.54) is 19.2 Å². The van der Waals surface area contributed by atoms with E-state index >= 15 is 0 Å². The average molecular weight is 294 g/mol. The number of rotatable bonds is 7. The van der Waals surface area contributed by atoms with Gasteiger partial charge in [-0.15, -0.1) is 0 Å². The number of carbonyl (C=O) groups excluding carboxylic acids is 2. The van der Waals surface area contributed by atoms with E-state index in [9.17, 15) is 14.7 Å². The number of hydrogen-bond acceptors (Lipinski definition) is 4.